The number of hydrogen-bond acceptors (Lipinski definition) is 7. The number of rotatable bonds is 6. The van der Waals surface area contributed by atoms with Crippen LogP contribution >= 0.6 is 0 Å². The molecule has 1 saturated heterocycles. The summed E-state index contributed by atoms with van der Waals surface area (Å²) in [5.41, 5.74) is 1.80. The average molecular weight is 451 g/mol. The van der Waals surface area contributed by atoms with Gasteiger partial charge in [0.15, 0.2) is 17.3 Å². The van der Waals surface area contributed by atoms with E-state index < -0.39 is 11.6 Å². The van der Waals surface area contributed by atoms with E-state index in [1.54, 1.807) is 16.8 Å². The van der Waals surface area contributed by atoms with E-state index in [-0.39, 0.29) is 6.04 Å². The van der Waals surface area contributed by atoms with Crippen LogP contribution in [0.25, 0.3) is 16.8 Å². The van der Waals surface area contributed by atoms with E-state index in [9.17, 15) is 8.78 Å². The molecule has 0 spiro atoms. The molecule has 1 aliphatic heterocycles. The van der Waals surface area contributed by atoms with Crippen molar-refractivity contribution in [3.8, 4) is 17.0 Å². The van der Waals surface area contributed by atoms with Gasteiger partial charge in [0.05, 0.1) is 6.61 Å². The molecule has 1 fully saturated rings. The Morgan fingerprint density at radius 2 is 1.94 bits per heavy atom. The monoisotopic (exact) mass is 451 g/mol. The lowest BCUT2D eigenvalue weighted by Gasteiger charge is -2.32. The van der Waals surface area contributed by atoms with Gasteiger partial charge in [0.1, 0.15) is 12.1 Å². The number of ether oxygens (including phenoxy) is 1. The highest BCUT2D eigenvalue weighted by atomic mass is 19.2. The first-order valence-electron chi connectivity index (χ1n) is 10.9. The van der Waals surface area contributed by atoms with Gasteiger partial charge in [-0.3, -0.25) is 0 Å². The van der Waals surface area contributed by atoms with Crippen molar-refractivity contribution in [1.29, 1.82) is 0 Å². The van der Waals surface area contributed by atoms with Crippen molar-refractivity contribution < 1.29 is 13.5 Å². The minimum absolute atomic E-state index is 0.207. The highest BCUT2D eigenvalue weighted by Gasteiger charge is 2.22. The summed E-state index contributed by atoms with van der Waals surface area (Å²) in [5, 5.41) is 7.93. The maximum absolute atomic E-state index is 13.7. The summed E-state index contributed by atoms with van der Waals surface area (Å²) < 4.78 is 34.2. The lowest BCUT2D eigenvalue weighted by Crippen LogP contribution is -2.39. The van der Waals surface area contributed by atoms with Crippen LogP contribution in [-0.4, -0.2) is 50.3 Å². The highest BCUT2D eigenvalue weighted by molar-refractivity contribution is 5.77. The normalized spacial score (nSPS) is 14.6. The molecule has 33 heavy (non-hydrogen) atoms. The zero-order valence-corrected chi connectivity index (χ0v) is 18.1. The molecule has 170 valence electrons. The van der Waals surface area contributed by atoms with Crippen molar-refractivity contribution >= 4 is 17.4 Å². The maximum Gasteiger partial charge on any atom is 0.243 e. The molecule has 1 N–H and O–H groups in total. The molecule has 8 nitrogen and oxygen atoms in total. The van der Waals surface area contributed by atoms with E-state index in [0.717, 1.165) is 37.8 Å². The van der Waals surface area contributed by atoms with Gasteiger partial charge >= 0.3 is 0 Å². The van der Waals surface area contributed by atoms with E-state index >= 15 is 0 Å². The molecule has 0 bridgehead atoms. The first-order chi connectivity index (χ1) is 16.1. The van der Waals surface area contributed by atoms with Gasteiger partial charge in [-0.1, -0.05) is 6.07 Å². The lowest BCUT2D eigenvalue weighted by atomic mass is 10.1. The Morgan fingerprint density at radius 3 is 2.73 bits per heavy atom. The number of nitrogens with zero attached hydrogens (tertiary/aromatic N) is 6. The fraction of sp³-hybridized carbons (Fsp3) is 0.304. The molecule has 1 aliphatic rings. The Bertz CT molecular complexity index is 1270. The largest absolute Gasteiger partial charge is 0.478 e. The van der Waals surface area contributed by atoms with Gasteiger partial charge in [0, 0.05) is 37.0 Å². The number of benzene rings is 1. The van der Waals surface area contributed by atoms with Crippen LogP contribution in [0.1, 0.15) is 19.8 Å². The van der Waals surface area contributed by atoms with Gasteiger partial charge in [0.2, 0.25) is 11.8 Å². The van der Waals surface area contributed by atoms with Crippen molar-refractivity contribution in [2.45, 2.75) is 25.8 Å². The second-order valence-electron chi connectivity index (χ2n) is 7.81. The van der Waals surface area contributed by atoms with Gasteiger partial charge in [0.25, 0.3) is 0 Å². The molecule has 1 aromatic carbocycles. The quantitative estimate of drug-likeness (QED) is 0.476. The predicted octanol–water partition coefficient (Wildman–Crippen LogP) is 3.94. The molecule has 0 saturated carbocycles. The molecule has 10 heteroatoms. The minimum Gasteiger partial charge on any atom is -0.478 e. The Morgan fingerprint density at radius 1 is 1.09 bits per heavy atom. The van der Waals surface area contributed by atoms with Gasteiger partial charge in [-0.15, -0.1) is 5.10 Å². The van der Waals surface area contributed by atoms with Crippen LogP contribution in [0.4, 0.5) is 20.5 Å². The van der Waals surface area contributed by atoms with Gasteiger partial charge in [-0.25, -0.2) is 23.3 Å². The molecular formula is C23H23F2N7O. The smallest absolute Gasteiger partial charge is 0.243 e. The molecule has 4 heterocycles. The Hall–Kier alpha value is -3.82. The summed E-state index contributed by atoms with van der Waals surface area (Å²) >= 11 is 0. The van der Waals surface area contributed by atoms with Gasteiger partial charge < -0.3 is 15.0 Å². The summed E-state index contributed by atoms with van der Waals surface area (Å²) in [4.78, 5) is 15.3. The third-order valence-corrected chi connectivity index (χ3v) is 5.66. The van der Waals surface area contributed by atoms with Crippen LogP contribution in [0.15, 0.2) is 48.9 Å². The first-order valence-corrected chi connectivity index (χ1v) is 10.9. The number of aromatic nitrogens is 5. The number of piperidine rings is 1. The van der Waals surface area contributed by atoms with Crippen LogP contribution in [0.2, 0.25) is 0 Å². The molecule has 0 atom stereocenters. The van der Waals surface area contributed by atoms with Crippen molar-refractivity contribution in [2.24, 2.45) is 0 Å². The fourth-order valence-corrected chi connectivity index (χ4v) is 4.02. The molecule has 4 aromatic rings. The van der Waals surface area contributed by atoms with E-state index in [1.807, 2.05) is 19.1 Å². The minimum atomic E-state index is -0.892. The van der Waals surface area contributed by atoms with Gasteiger partial charge in [-0.2, -0.15) is 4.98 Å². The van der Waals surface area contributed by atoms with Crippen LogP contribution in [0.3, 0.4) is 0 Å². The number of fused-ring (bicyclic) bond motifs is 1. The molecule has 0 amide bonds. The van der Waals surface area contributed by atoms with Crippen molar-refractivity contribution in [3.05, 3.63) is 60.6 Å². The molecular weight excluding hydrogens is 428 g/mol. The number of pyridine rings is 1. The summed E-state index contributed by atoms with van der Waals surface area (Å²) in [6.07, 6.45) is 5.08. The number of anilines is 2. The zero-order valence-electron chi connectivity index (χ0n) is 18.1. The van der Waals surface area contributed by atoms with Crippen LogP contribution in [0.5, 0.6) is 5.88 Å². The topological polar surface area (TPSA) is 80.5 Å². The number of nitrogens with one attached hydrogen (secondary N) is 1. The maximum atomic E-state index is 13.7. The van der Waals surface area contributed by atoms with Crippen LogP contribution in [0, 0.1) is 11.6 Å². The fourth-order valence-electron chi connectivity index (χ4n) is 4.02. The summed E-state index contributed by atoms with van der Waals surface area (Å²) in [6, 6.07) is 9.52. The molecule has 0 aliphatic carbocycles. The zero-order chi connectivity index (χ0) is 22.8. The predicted molar refractivity (Wildman–Crippen MR) is 120 cm³/mol. The van der Waals surface area contributed by atoms with Crippen molar-refractivity contribution in [3.63, 3.8) is 0 Å². The molecule has 0 radical (unpaired) electrons. The first kappa shape index (κ1) is 21.0. The van der Waals surface area contributed by atoms with Crippen molar-refractivity contribution in [2.75, 3.05) is 29.9 Å². The standard InChI is InChI=1S/C23H23F2N7O/c1-2-33-21-13-20(26-14-27-21)31-10-7-16(8-11-31)28-23-29-22-17(4-3-9-32(22)30-23)15-5-6-18(24)19(25)12-15/h3-6,9,12-14,16H,2,7-8,10-11H2,1H3,(H,28,30). The number of halogens is 2. The summed E-state index contributed by atoms with van der Waals surface area (Å²) in [6.45, 7) is 4.14. The van der Waals surface area contributed by atoms with Crippen LogP contribution in [-0.2, 0) is 0 Å². The van der Waals surface area contributed by atoms with E-state index in [0.29, 0.717) is 35.2 Å². The third-order valence-electron chi connectivity index (χ3n) is 5.66. The SMILES string of the molecule is CCOc1cc(N2CCC(Nc3nc4c(-c5ccc(F)c(F)c5)cccn4n3)CC2)ncn1. The second-order valence-corrected chi connectivity index (χ2v) is 7.81. The molecule has 5 rings (SSSR count). The van der Waals surface area contributed by atoms with Gasteiger partial charge in [-0.05, 0) is 49.6 Å². The van der Waals surface area contributed by atoms with Crippen molar-refractivity contribution in [1.82, 2.24) is 24.6 Å². The summed E-state index contributed by atoms with van der Waals surface area (Å²) in [5.74, 6) is 0.166. The second kappa shape index (κ2) is 8.97. The highest BCUT2D eigenvalue weighted by Crippen LogP contribution is 2.27. The third kappa shape index (κ3) is 4.41. The lowest BCUT2D eigenvalue weighted by molar-refractivity contribution is 0.326. The molecule has 3 aromatic heterocycles. The Balaban J connectivity index is 1.29. The van der Waals surface area contributed by atoms with E-state index in [1.165, 1.54) is 18.5 Å². The van der Waals surface area contributed by atoms with E-state index in [2.05, 4.69) is 30.3 Å². The Labute approximate surface area is 189 Å². The van der Waals surface area contributed by atoms with Crippen LogP contribution < -0.4 is 15.0 Å². The van der Waals surface area contributed by atoms with E-state index in [4.69, 9.17) is 4.74 Å². The number of hydrogen-bond donors (Lipinski definition) is 1. The molecule has 0 unspecified atom stereocenters. The summed E-state index contributed by atoms with van der Waals surface area (Å²) in [7, 11) is 0. The average Bonchev–Trinajstić information content (AvgIpc) is 3.24. The Kier molecular flexibility index (Phi) is 5.72.